The summed E-state index contributed by atoms with van der Waals surface area (Å²) in [5.74, 6) is 0.760. The van der Waals surface area contributed by atoms with E-state index in [1.165, 1.54) is 0 Å². The summed E-state index contributed by atoms with van der Waals surface area (Å²) >= 11 is 0. The van der Waals surface area contributed by atoms with E-state index in [-0.39, 0.29) is 46.7 Å². The summed E-state index contributed by atoms with van der Waals surface area (Å²) in [6, 6.07) is 0. The lowest BCUT2D eigenvalue weighted by molar-refractivity contribution is -0.363. The zero-order valence-electron chi connectivity index (χ0n) is 31.6. The quantitative estimate of drug-likeness (QED) is 0.205. The number of ether oxygens (including phenoxy) is 6. The lowest BCUT2D eigenvalue weighted by Gasteiger charge is -2.63. The largest absolute Gasteiger partial charge is 0.393 e. The number of aliphatic hydroxyl groups excluding tert-OH is 7. The summed E-state index contributed by atoms with van der Waals surface area (Å²) in [5, 5.41) is 76.3. The molecule has 0 aromatic heterocycles. The molecule has 24 atom stereocenters. The van der Waals surface area contributed by atoms with E-state index in [0.29, 0.717) is 37.2 Å². The van der Waals surface area contributed by atoms with Crippen molar-refractivity contribution in [2.45, 2.75) is 185 Å². The van der Waals surface area contributed by atoms with Gasteiger partial charge in [0, 0.05) is 5.92 Å². The van der Waals surface area contributed by atoms with Crippen LogP contribution in [-0.4, -0.2) is 134 Å². The van der Waals surface area contributed by atoms with Crippen LogP contribution in [0.3, 0.4) is 0 Å². The summed E-state index contributed by atoms with van der Waals surface area (Å²) in [6.07, 6.45) is -7.54. The van der Waals surface area contributed by atoms with Gasteiger partial charge in [0.15, 0.2) is 18.4 Å². The lowest BCUT2D eigenvalue weighted by atomic mass is 9.43. The van der Waals surface area contributed by atoms with Crippen molar-refractivity contribution in [3.8, 4) is 0 Å². The maximum Gasteiger partial charge on any atom is 0.197 e. The molecular formula is C39H64O13. The standard InChI is InChI=1S/C39H64O13/c1-16-11-27(41)39(47-15-16)17(2)28-26(52-39)14-23-21-13-25(24-12-20(40)7-9-37(24,5)22(21)8-10-38(23,28)6)50-36-33(46)34(30(43)19(4)49-36)51-35-32(45)31(44)29(42)18(3)48-35/h16-36,40-46H,7-15H2,1-6H3/t16-,17-,18-,19+,20-,21+,22-,23-,24-,25-,26-,27-,28-,29-,30+,31+,32+,33+,34-,35-,36-,37+,38-,39+/m0/s1. The van der Waals surface area contributed by atoms with Crippen molar-refractivity contribution in [3.63, 3.8) is 0 Å². The van der Waals surface area contributed by atoms with Crippen LogP contribution in [0.5, 0.6) is 0 Å². The Labute approximate surface area is 307 Å². The third-order valence-electron chi connectivity index (χ3n) is 16.1. The van der Waals surface area contributed by atoms with Crippen molar-refractivity contribution in [1.29, 1.82) is 0 Å². The normalized spacial score (nSPS) is 61.9. The monoisotopic (exact) mass is 740 g/mol. The molecule has 4 saturated heterocycles. The van der Waals surface area contributed by atoms with Gasteiger partial charge >= 0.3 is 0 Å². The van der Waals surface area contributed by atoms with Gasteiger partial charge in [-0.3, -0.25) is 0 Å². The van der Waals surface area contributed by atoms with Gasteiger partial charge in [-0.1, -0.05) is 27.7 Å². The van der Waals surface area contributed by atoms with Crippen LogP contribution in [0, 0.1) is 52.3 Å². The second kappa shape index (κ2) is 13.6. The summed E-state index contributed by atoms with van der Waals surface area (Å²) in [4.78, 5) is 0. The molecule has 4 saturated carbocycles. The first-order chi connectivity index (χ1) is 24.5. The van der Waals surface area contributed by atoms with Gasteiger partial charge in [-0.2, -0.15) is 0 Å². The zero-order chi connectivity index (χ0) is 37.2. The van der Waals surface area contributed by atoms with Gasteiger partial charge in [0.05, 0.1) is 37.1 Å². The van der Waals surface area contributed by atoms with Crippen LogP contribution in [0.4, 0.5) is 0 Å². The molecule has 0 amide bonds. The second-order valence-corrected chi connectivity index (χ2v) is 18.9. The van der Waals surface area contributed by atoms with Crippen molar-refractivity contribution in [3.05, 3.63) is 0 Å². The molecule has 0 aromatic rings. The Balaban J connectivity index is 1.04. The Hall–Kier alpha value is -0.520. The first-order valence-electron chi connectivity index (χ1n) is 20.2. The predicted molar refractivity (Wildman–Crippen MR) is 183 cm³/mol. The second-order valence-electron chi connectivity index (χ2n) is 18.9. The van der Waals surface area contributed by atoms with E-state index in [9.17, 15) is 35.7 Å². The minimum atomic E-state index is -1.60. The average Bonchev–Trinajstić information content (AvgIpc) is 3.55. The number of rotatable bonds is 4. The van der Waals surface area contributed by atoms with Crippen molar-refractivity contribution in [1.82, 2.24) is 0 Å². The predicted octanol–water partition coefficient (Wildman–Crippen LogP) is 1.44. The Kier molecular flexibility index (Phi) is 10.0. The maximum absolute atomic E-state index is 11.7. The van der Waals surface area contributed by atoms with Gasteiger partial charge in [0.25, 0.3) is 0 Å². The molecule has 8 aliphatic rings. The highest BCUT2D eigenvalue weighted by molar-refractivity contribution is 5.17. The highest BCUT2D eigenvalue weighted by Gasteiger charge is 2.71. The average molecular weight is 741 g/mol. The van der Waals surface area contributed by atoms with E-state index in [0.717, 1.165) is 38.5 Å². The molecule has 52 heavy (non-hydrogen) atoms. The highest BCUT2D eigenvalue weighted by Crippen LogP contribution is 2.71. The maximum atomic E-state index is 11.7. The highest BCUT2D eigenvalue weighted by atomic mass is 16.7. The Morgan fingerprint density at radius 3 is 2.02 bits per heavy atom. The molecule has 4 aliphatic heterocycles. The molecule has 0 bridgehead atoms. The molecule has 1 spiro atoms. The van der Waals surface area contributed by atoms with Gasteiger partial charge in [-0.05, 0) is 112 Å². The Morgan fingerprint density at radius 2 is 1.31 bits per heavy atom. The van der Waals surface area contributed by atoms with Gasteiger partial charge in [-0.15, -0.1) is 0 Å². The van der Waals surface area contributed by atoms with Crippen LogP contribution in [-0.2, 0) is 28.4 Å². The van der Waals surface area contributed by atoms with Crippen LogP contribution in [0.15, 0.2) is 0 Å². The summed E-state index contributed by atoms with van der Waals surface area (Å²) in [7, 11) is 0. The first kappa shape index (κ1) is 38.4. The van der Waals surface area contributed by atoms with Crippen molar-refractivity contribution >= 4 is 0 Å². The van der Waals surface area contributed by atoms with Gasteiger partial charge < -0.3 is 64.2 Å². The van der Waals surface area contributed by atoms with Crippen molar-refractivity contribution in [2.24, 2.45) is 52.3 Å². The number of hydrogen-bond acceptors (Lipinski definition) is 13. The van der Waals surface area contributed by atoms with Crippen molar-refractivity contribution < 1.29 is 64.2 Å². The van der Waals surface area contributed by atoms with E-state index >= 15 is 0 Å². The molecular weight excluding hydrogens is 676 g/mol. The van der Waals surface area contributed by atoms with Crippen LogP contribution in [0.1, 0.15) is 92.9 Å². The molecule has 4 heterocycles. The SMILES string of the molecule is C[C@@H]1CO[C@]2(O[C@H]3C[C@H]4[C@@H]5C[C@H](O[C@@H]6O[C@H](C)[C@@H](O)[C@H](O[C@@H]7O[C@@H](C)[C@H](O)[C@@H](O)[C@H]7O)[C@H]6O)[C@@H]6C[C@@H](O)CC[C@]6(C)[C@H]5CC[C@]4(C)[C@H]3[C@@H]2C)[C@@H](O)C1. The smallest absolute Gasteiger partial charge is 0.197 e. The number of fused-ring (bicyclic) bond motifs is 7. The molecule has 13 heteroatoms. The van der Waals surface area contributed by atoms with E-state index in [1.807, 2.05) is 0 Å². The van der Waals surface area contributed by atoms with E-state index in [4.69, 9.17) is 28.4 Å². The first-order valence-corrected chi connectivity index (χ1v) is 20.2. The lowest BCUT2D eigenvalue weighted by Crippen LogP contribution is -2.64. The molecule has 8 fully saturated rings. The molecule has 13 nitrogen and oxygen atoms in total. The van der Waals surface area contributed by atoms with E-state index < -0.39 is 79.4 Å². The number of hydrogen-bond donors (Lipinski definition) is 7. The third kappa shape index (κ3) is 5.73. The van der Waals surface area contributed by atoms with Gasteiger partial charge in [0.1, 0.15) is 42.7 Å². The number of aliphatic hydroxyl groups is 7. The van der Waals surface area contributed by atoms with Crippen LogP contribution in [0.2, 0.25) is 0 Å². The molecule has 7 N–H and O–H groups in total. The fourth-order valence-corrected chi connectivity index (χ4v) is 13.3. The molecule has 298 valence electrons. The molecule has 4 aliphatic carbocycles. The van der Waals surface area contributed by atoms with Gasteiger partial charge in [-0.25, -0.2) is 0 Å². The van der Waals surface area contributed by atoms with Crippen LogP contribution < -0.4 is 0 Å². The Bertz CT molecular complexity index is 1310. The minimum Gasteiger partial charge on any atom is -0.393 e. The molecule has 0 unspecified atom stereocenters. The van der Waals surface area contributed by atoms with Crippen LogP contribution in [0.25, 0.3) is 0 Å². The molecule has 8 rings (SSSR count). The third-order valence-corrected chi connectivity index (χ3v) is 16.1. The topological polar surface area (TPSA) is 197 Å². The fraction of sp³-hybridized carbons (Fsp3) is 1.00. The van der Waals surface area contributed by atoms with E-state index in [1.54, 1.807) is 13.8 Å². The van der Waals surface area contributed by atoms with Crippen LogP contribution >= 0.6 is 0 Å². The fourth-order valence-electron chi connectivity index (χ4n) is 13.3. The summed E-state index contributed by atoms with van der Waals surface area (Å²) in [6.45, 7) is 12.9. The summed E-state index contributed by atoms with van der Waals surface area (Å²) in [5.41, 5.74) is -0.122. The summed E-state index contributed by atoms with van der Waals surface area (Å²) < 4.78 is 37.9. The molecule has 0 radical (unpaired) electrons. The Morgan fingerprint density at radius 1 is 0.635 bits per heavy atom. The van der Waals surface area contributed by atoms with Gasteiger partial charge in [0.2, 0.25) is 0 Å². The van der Waals surface area contributed by atoms with E-state index in [2.05, 4.69) is 27.7 Å². The minimum absolute atomic E-state index is 0.00617. The molecule has 0 aromatic carbocycles. The zero-order valence-corrected chi connectivity index (χ0v) is 31.6. The van der Waals surface area contributed by atoms with Crippen molar-refractivity contribution in [2.75, 3.05) is 6.61 Å².